The van der Waals surface area contributed by atoms with E-state index in [0.717, 1.165) is 11.9 Å². The Labute approximate surface area is 75.6 Å². The second-order valence-corrected chi connectivity index (χ2v) is 6.46. The summed E-state index contributed by atoms with van der Waals surface area (Å²) < 4.78 is 0. The lowest BCUT2D eigenvalue weighted by Crippen LogP contribution is -2.30. The molecule has 0 heterocycles. The van der Waals surface area contributed by atoms with Gasteiger partial charge in [0.15, 0.2) is 0 Å². The first-order valence-corrected chi connectivity index (χ1v) is 7.45. The molecule has 0 aliphatic rings. The molecule has 12 heavy (non-hydrogen) atoms. The maximum Gasteiger partial charge on any atom is 0.0490 e. The quantitative estimate of drug-likeness (QED) is 0.543. The van der Waals surface area contributed by atoms with Gasteiger partial charge in [-0.1, -0.05) is 31.3 Å². The Morgan fingerprint density at radius 2 is 1.83 bits per heavy atom. The van der Waals surface area contributed by atoms with Crippen molar-refractivity contribution >= 4 is 14.5 Å². The van der Waals surface area contributed by atoms with Crippen molar-refractivity contribution in [3.8, 4) is 0 Å². The van der Waals surface area contributed by atoms with E-state index in [9.17, 15) is 0 Å². The highest BCUT2D eigenvalue weighted by Crippen LogP contribution is 2.02. The van der Waals surface area contributed by atoms with Gasteiger partial charge in [-0.15, -0.1) is 0 Å². The third-order valence-corrected chi connectivity index (χ3v) is 2.54. The molecular weight excluding hydrogens is 164 g/mol. The van der Waals surface area contributed by atoms with Gasteiger partial charge < -0.3 is 5.43 Å². The highest BCUT2D eigenvalue weighted by Gasteiger charge is 1.93. The summed E-state index contributed by atoms with van der Waals surface area (Å²) in [7, 11) is -0.485. The van der Waals surface area contributed by atoms with Crippen LogP contribution in [0.25, 0.3) is 0 Å². The molecule has 0 bridgehead atoms. The normalized spacial score (nSPS) is 10.2. The summed E-state index contributed by atoms with van der Waals surface area (Å²) in [6.45, 7) is 4.64. The molecule has 0 aromatic heterocycles. The zero-order chi connectivity index (χ0) is 8.81. The van der Waals surface area contributed by atoms with Crippen LogP contribution in [0, 0.1) is 0 Å². The van der Waals surface area contributed by atoms with Crippen LogP contribution >= 0.6 is 0 Å². The van der Waals surface area contributed by atoms with Crippen LogP contribution in [-0.2, 0) is 0 Å². The molecule has 0 unspecified atom stereocenters. The topological polar surface area (TPSA) is 24.1 Å². The van der Waals surface area contributed by atoms with Crippen molar-refractivity contribution in [1.29, 1.82) is 0 Å². The number of benzene rings is 1. The molecule has 1 aromatic rings. The number of rotatable bonds is 4. The summed E-state index contributed by atoms with van der Waals surface area (Å²) in [5.41, 5.74) is 7.51. The van der Waals surface area contributed by atoms with E-state index in [4.69, 9.17) is 0 Å². The molecule has 2 N–H and O–H groups in total. The second kappa shape index (κ2) is 4.95. The number of hydrazine groups is 1. The Morgan fingerprint density at radius 1 is 1.17 bits per heavy atom. The SMILES string of the molecule is C[SiH](C)CNNc1ccccc1. The molecule has 0 fully saturated rings. The predicted molar refractivity (Wildman–Crippen MR) is 56.9 cm³/mol. The van der Waals surface area contributed by atoms with E-state index in [1.165, 1.54) is 0 Å². The smallest absolute Gasteiger partial charge is 0.0490 e. The van der Waals surface area contributed by atoms with Crippen LogP contribution in [0.1, 0.15) is 0 Å². The van der Waals surface area contributed by atoms with E-state index in [0.29, 0.717) is 0 Å². The van der Waals surface area contributed by atoms with Crippen molar-refractivity contribution in [2.45, 2.75) is 13.1 Å². The van der Waals surface area contributed by atoms with Gasteiger partial charge in [-0.05, 0) is 12.1 Å². The summed E-state index contributed by atoms with van der Waals surface area (Å²) in [4.78, 5) is 0. The van der Waals surface area contributed by atoms with Gasteiger partial charge in [0.2, 0.25) is 0 Å². The number of hydrogen-bond donors (Lipinski definition) is 2. The summed E-state index contributed by atoms with van der Waals surface area (Å²) >= 11 is 0. The van der Waals surface area contributed by atoms with Crippen molar-refractivity contribution in [3.63, 3.8) is 0 Å². The molecule has 66 valence electrons. The molecule has 0 amide bonds. The highest BCUT2D eigenvalue weighted by atomic mass is 28.3. The predicted octanol–water partition coefficient (Wildman–Crippen LogP) is 1.63. The average molecular weight is 180 g/mol. The van der Waals surface area contributed by atoms with Crippen LogP contribution in [0.4, 0.5) is 5.69 Å². The minimum atomic E-state index is -0.485. The van der Waals surface area contributed by atoms with Crippen LogP contribution < -0.4 is 10.9 Å². The van der Waals surface area contributed by atoms with Crippen molar-refractivity contribution in [2.75, 3.05) is 11.6 Å². The monoisotopic (exact) mass is 180 g/mol. The summed E-state index contributed by atoms with van der Waals surface area (Å²) in [5, 5.41) is 0. The van der Waals surface area contributed by atoms with Crippen LogP contribution in [0.5, 0.6) is 0 Å². The second-order valence-electron chi connectivity index (χ2n) is 3.27. The van der Waals surface area contributed by atoms with E-state index in [1.807, 2.05) is 18.2 Å². The van der Waals surface area contributed by atoms with Gasteiger partial charge in [-0.2, -0.15) is 0 Å². The van der Waals surface area contributed by atoms with Gasteiger partial charge in [-0.3, -0.25) is 0 Å². The molecule has 0 radical (unpaired) electrons. The van der Waals surface area contributed by atoms with E-state index in [1.54, 1.807) is 0 Å². The lowest BCUT2D eigenvalue weighted by atomic mass is 10.3. The molecule has 0 spiro atoms. The van der Waals surface area contributed by atoms with Gasteiger partial charge in [-0.25, -0.2) is 5.43 Å². The van der Waals surface area contributed by atoms with Gasteiger partial charge in [0.05, 0.1) is 0 Å². The molecule has 2 nitrogen and oxygen atoms in total. The fourth-order valence-corrected chi connectivity index (χ4v) is 1.39. The lowest BCUT2D eigenvalue weighted by Gasteiger charge is -2.08. The molecule has 0 atom stereocenters. The minimum absolute atomic E-state index is 0.485. The molecule has 3 heteroatoms. The summed E-state index contributed by atoms with van der Waals surface area (Å²) in [5.74, 6) is 0. The molecule has 0 saturated heterocycles. The van der Waals surface area contributed by atoms with Crippen molar-refractivity contribution in [1.82, 2.24) is 5.43 Å². The van der Waals surface area contributed by atoms with Gasteiger partial charge in [0.25, 0.3) is 0 Å². The summed E-state index contributed by atoms with van der Waals surface area (Å²) in [6.07, 6.45) is 1.12. The van der Waals surface area contributed by atoms with Crippen LogP contribution in [0.15, 0.2) is 30.3 Å². The van der Waals surface area contributed by atoms with Crippen molar-refractivity contribution in [3.05, 3.63) is 30.3 Å². The molecule has 0 saturated carbocycles. The number of nitrogens with one attached hydrogen (secondary N) is 2. The zero-order valence-electron chi connectivity index (χ0n) is 7.67. The third kappa shape index (κ3) is 3.55. The number of anilines is 1. The van der Waals surface area contributed by atoms with Crippen molar-refractivity contribution in [2.24, 2.45) is 0 Å². The summed E-state index contributed by atoms with van der Waals surface area (Å²) in [6, 6.07) is 10.2. The maximum absolute atomic E-state index is 3.21. The largest absolute Gasteiger partial charge is 0.322 e. The molecule has 0 aliphatic heterocycles. The Bertz CT molecular complexity index is 211. The van der Waals surface area contributed by atoms with E-state index in [2.05, 4.69) is 36.1 Å². The van der Waals surface area contributed by atoms with E-state index >= 15 is 0 Å². The highest BCUT2D eigenvalue weighted by molar-refractivity contribution is 6.55. The van der Waals surface area contributed by atoms with E-state index in [-0.39, 0.29) is 0 Å². The van der Waals surface area contributed by atoms with Crippen LogP contribution in [0.2, 0.25) is 13.1 Å². The van der Waals surface area contributed by atoms with Crippen LogP contribution in [-0.4, -0.2) is 15.0 Å². The van der Waals surface area contributed by atoms with Gasteiger partial charge >= 0.3 is 0 Å². The Morgan fingerprint density at radius 3 is 2.42 bits per heavy atom. The maximum atomic E-state index is 3.21. The molecule has 1 rings (SSSR count). The number of para-hydroxylation sites is 1. The Balaban J connectivity index is 2.25. The van der Waals surface area contributed by atoms with Gasteiger partial charge in [0.1, 0.15) is 0 Å². The minimum Gasteiger partial charge on any atom is -0.322 e. The van der Waals surface area contributed by atoms with Crippen molar-refractivity contribution < 1.29 is 0 Å². The molecule has 0 aliphatic carbocycles. The van der Waals surface area contributed by atoms with Gasteiger partial charge in [0, 0.05) is 20.7 Å². The fourth-order valence-electron chi connectivity index (χ4n) is 0.879. The molecule has 1 aromatic carbocycles. The average Bonchev–Trinajstić information content (AvgIpc) is 2.05. The fraction of sp³-hybridized carbons (Fsp3) is 0.333. The Kier molecular flexibility index (Phi) is 3.83. The lowest BCUT2D eigenvalue weighted by molar-refractivity contribution is 0.930. The zero-order valence-corrected chi connectivity index (χ0v) is 8.83. The van der Waals surface area contributed by atoms with E-state index < -0.39 is 8.80 Å². The Hall–Kier alpha value is -0.803. The first-order chi connectivity index (χ1) is 5.79. The first kappa shape index (κ1) is 9.29. The van der Waals surface area contributed by atoms with Crippen LogP contribution in [0.3, 0.4) is 0 Å². The third-order valence-electron chi connectivity index (χ3n) is 1.52. The standard InChI is InChI=1S/C9H16N2Si/c1-12(2)8-10-11-9-6-4-3-5-7-9/h3-7,10-12H,8H2,1-2H3. The first-order valence-electron chi connectivity index (χ1n) is 4.33. The number of hydrogen-bond acceptors (Lipinski definition) is 2. The molecular formula is C9H16N2Si.